The molecule has 1 aromatic heterocycles. The quantitative estimate of drug-likeness (QED) is 0.750. The van der Waals surface area contributed by atoms with Gasteiger partial charge >= 0.3 is 0 Å². The number of benzene rings is 2. The highest BCUT2D eigenvalue weighted by molar-refractivity contribution is 6.31. The molecular weight excluding hydrogens is 262 g/mol. The van der Waals surface area contributed by atoms with Crippen molar-refractivity contribution in [3.8, 4) is 0 Å². The van der Waals surface area contributed by atoms with Gasteiger partial charge in [0.05, 0.1) is 5.52 Å². The van der Waals surface area contributed by atoms with Gasteiger partial charge in [-0.1, -0.05) is 29.8 Å². The maximum Gasteiger partial charge on any atom is 0.276 e. The second kappa shape index (κ2) is 4.74. The number of amides is 1. The van der Waals surface area contributed by atoms with Crippen molar-refractivity contribution in [2.45, 2.75) is 0 Å². The van der Waals surface area contributed by atoms with E-state index in [1.54, 1.807) is 18.2 Å². The Kier molecular flexibility index (Phi) is 2.93. The van der Waals surface area contributed by atoms with Gasteiger partial charge in [0.25, 0.3) is 5.91 Å². The summed E-state index contributed by atoms with van der Waals surface area (Å²) in [4.78, 5) is 12.2. The van der Waals surface area contributed by atoms with E-state index < -0.39 is 0 Å². The Morgan fingerprint density at radius 3 is 2.74 bits per heavy atom. The molecule has 0 saturated carbocycles. The molecule has 4 nitrogen and oxygen atoms in total. The van der Waals surface area contributed by atoms with E-state index in [0.717, 1.165) is 11.2 Å². The number of para-hydroxylation sites is 1. The fourth-order valence-corrected chi connectivity index (χ4v) is 2.04. The topological polar surface area (TPSA) is 57.8 Å². The van der Waals surface area contributed by atoms with E-state index >= 15 is 0 Å². The molecule has 2 N–H and O–H groups in total. The van der Waals surface area contributed by atoms with Crippen molar-refractivity contribution < 1.29 is 4.79 Å². The summed E-state index contributed by atoms with van der Waals surface area (Å²) in [6.07, 6.45) is 0. The molecule has 19 heavy (non-hydrogen) atoms. The molecule has 3 aromatic rings. The Labute approximate surface area is 114 Å². The molecule has 5 heteroatoms. The van der Waals surface area contributed by atoms with Crippen molar-refractivity contribution in [2.24, 2.45) is 0 Å². The summed E-state index contributed by atoms with van der Waals surface area (Å²) in [6.45, 7) is 0. The highest BCUT2D eigenvalue weighted by Gasteiger charge is 2.14. The maximum absolute atomic E-state index is 12.2. The van der Waals surface area contributed by atoms with E-state index in [-0.39, 0.29) is 5.91 Å². The second-order valence-corrected chi connectivity index (χ2v) is 4.52. The molecule has 0 aliphatic heterocycles. The normalized spacial score (nSPS) is 10.6. The lowest BCUT2D eigenvalue weighted by atomic mass is 10.2. The van der Waals surface area contributed by atoms with E-state index in [9.17, 15) is 4.79 Å². The average molecular weight is 272 g/mol. The third kappa shape index (κ3) is 2.30. The number of anilines is 1. The number of halogens is 1. The first-order valence-electron chi connectivity index (χ1n) is 5.74. The fourth-order valence-electron chi connectivity index (χ4n) is 1.87. The monoisotopic (exact) mass is 271 g/mol. The Balaban J connectivity index is 1.96. The number of aromatic amines is 1. The van der Waals surface area contributed by atoms with Crippen molar-refractivity contribution in [1.82, 2.24) is 10.2 Å². The van der Waals surface area contributed by atoms with Crippen LogP contribution in [0.1, 0.15) is 10.5 Å². The molecule has 1 amide bonds. The number of hydrogen-bond donors (Lipinski definition) is 2. The highest BCUT2D eigenvalue weighted by atomic mass is 35.5. The molecule has 0 bridgehead atoms. The number of H-pyrrole nitrogens is 1. The third-order valence-corrected chi connectivity index (χ3v) is 3.01. The first kappa shape index (κ1) is 11.7. The molecule has 0 saturated heterocycles. The first-order valence-corrected chi connectivity index (χ1v) is 6.12. The van der Waals surface area contributed by atoms with Gasteiger partial charge in [0.1, 0.15) is 0 Å². The van der Waals surface area contributed by atoms with E-state index in [1.165, 1.54) is 0 Å². The van der Waals surface area contributed by atoms with Crippen LogP contribution < -0.4 is 5.32 Å². The zero-order chi connectivity index (χ0) is 13.2. The van der Waals surface area contributed by atoms with Crippen molar-refractivity contribution >= 4 is 34.1 Å². The smallest absolute Gasteiger partial charge is 0.276 e. The number of aromatic nitrogens is 2. The second-order valence-electron chi connectivity index (χ2n) is 4.08. The molecule has 0 aliphatic carbocycles. The predicted octanol–water partition coefficient (Wildman–Crippen LogP) is 3.47. The largest absolute Gasteiger partial charge is 0.321 e. The molecule has 1 heterocycles. The zero-order valence-corrected chi connectivity index (χ0v) is 10.6. The van der Waals surface area contributed by atoms with Crippen LogP contribution in [-0.2, 0) is 0 Å². The fraction of sp³-hybridized carbons (Fsp3) is 0. The lowest BCUT2D eigenvalue weighted by Crippen LogP contribution is -2.12. The van der Waals surface area contributed by atoms with Crippen LogP contribution in [0.15, 0.2) is 48.5 Å². The average Bonchev–Trinajstić information content (AvgIpc) is 2.82. The minimum absolute atomic E-state index is 0.264. The lowest BCUT2D eigenvalue weighted by Gasteiger charge is -2.02. The summed E-state index contributed by atoms with van der Waals surface area (Å²) in [5.74, 6) is -0.264. The van der Waals surface area contributed by atoms with Crippen LogP contribution in [0.3, 0.4) is 0 Å². The van der Waals surface area contributed by atoms with Gasteiger partial charge in [-0.2, -0.15) is 5.10 Å². The van der Waals surface area contributed by atoms with Crippen molar-refractivity contribution in [3.05, 3.63) is 59.2 Å². The number of carbonyl (C=O) groups is 1. The van der Waals surface area contributed by atoms with Crippen LogP contribution in [0.25, 0.3) is 10.9 Å². The Morgan fingerprint density at radius 1 is 1.16 bits per heavy atom. The Bertz CT molecular complexity index is 737. The van der Waals surface area contributed by atoms with Crippen LogP contribution in [0, 0.1) is 0 Å². The first-order chi connectivity index (χ1) is 9.24. The third-order valence-electron chi connectivity index (χ3n) is 2.77. The lowest BCUT2D eigenvalue weighted by molar-refractivity contribution is 0.102. The zero-order valence-electron chi connectivity index (χ0n) is 9.85. The van der Waals surface area contributed by atoms with Crippen molar-refractivity contribution in [3.63, 3.8) is 0 Å². The van der Waals surface area contributed by atoms with E-state index in [4.69, 9.17) is 11.6 Å². The molecule has 2 aromatic carbocycles. The van der Waals surface area contributed by atoms with Gasteiger partial charge in [0.2, 0.25) is 0 Å². The number of nitrogens with one attached hydrogen (secondary N) is 2. The number of hydrogen-bond acceptors (Lipinski definition) is 2. The summed E-state index contributed by atoms with van der Waals surface area (Å²) in [5.41, 5.74) is 1.84. The van der Waals surface area contributed by atoms with Gasteiger partial charge in [-0.3, -0.25) is 9.89 Å². The standard InChI is InChI=1S/C14H10ClN3O/c15-9-6-7-12-11(8-9)13(18-17-12)14(19)16-10-4-2-1-3-5-10/h1-8H,(H,16,19)(H,17,18). The van der Waals surface area contributed by atoms with Crippen LogP contribution in [0.2, 0.25) is 5.02 Å². The molecule has 0 unspecified atom stereocenters. The van der Waals surface area contributed by atoms with Gasteiger partial charge in [-0.15, -0.1) is 0 Å². The van der Waals surface area contributed by atoms with Crippen molar-refractivity contribution in [1.29, 1.82) is 0 Å². The SMILES string of the molecule is O=C(Nc1ccccc1)c1n[nH]c2ccc(Cl)cc12. The molecule has 0 radical (unpaired) electrons. The number of rotatable bonds is 2. The molecule has 94 valence electrons. The van der Waals surface area contributed by atoms with Crippen LogP contribution >= 0.6 is 11.6 Å². The molecule has 3 rings (SSSR count). The number of nitrogens with zero attached hydrogens (tertiary/aromatic N) is 1. The van der Waals surface area contributed by atoms with Gasteiger partial charge in [0.15, 0.2) is 5.69 Å². The van der Waals surface area contributed by atoms with Gasteiger partial charge in [-0.25, -0.2) is 0 Å². The molecular formula is C14H10ClN3O. The van der Waals surface area contributed by atoms with E-state index in [1.807, 2.05) is 30.3 Å². The molecule has 0 fully saturated rings. The summed E-state index contributed by atoms with van der Waals surface area (Å²) in [5, 5.41) is 10.9. The van der Waals surface area contributed by atoms with Crippen LogP contribution in [0.4, 0.5) is 5.69 Å². The van der Waals surface area contributed by atoms with Crippen LogP contribution in [0.5, 0.6) is 0 Å². The summed E-state index contributed by atoms with van der Waals surface area (Å²) in [6, 6.07) is 14.5. The maximum atomic E-state index is 12.2. The summed E-state index contributed by atoms with van der Waals surface area (Å²) in [7, 11) is 0. The van der Waals surface area contributed by atoms with Crippen molar-refractivity contribution in [2.75, 3.05) is 5.32 Å². The molecule has 0 spiro atoms. The number of carbonyl (C=O) groups excluding carboxylic acids is 1. The van der Waals surface area contributed by atoms with E-state index in [2.05, 4.69) is 15.5 Å². The minimum atomic E-state index is -0.264. The summed E-state index contributed by atoms with van der Waals surface area (Å²) < 4.78 is 0. The molecule has 0 aliphatic rings. The van der Waals surface area contributed by atoms with Gasteiger partial charge in [0, 0.05) is 16.1 Å². The van der Waals surface area contributed by atoms with Gasteiger partial charge in [-0.05, 0) is 30.3 Å². The number of fused-ring (bicyclic) bond motifs is 1. The minimum Gasteiger partial charge on any atom is -0.321 e. The highest BCUT2D eigenvalue weighted by Crippen LogP contribution is 2.21. The molecule has 0 atom stereocenters. The predicted molar refractivity (Wildman–Crippen MR) is 75.5 cm³/mol. The summed E-state index contributed by atoms with van der Waals surface area (Å²) >= 11 is 5.94. The van der Waals surface area contributed by atoms with E-state index in [0.29, 0.717) is 16.1 Å². The van der Waals surface area contributed by atoms with Gasteiger partial charge < -0.3 is 5.32 Å². The Morgan fingerprint density at radius 2 is 1.95 bits per heavy atom. The van der Waals surface area contributed by atoms with Crippen LogP contribution in [-0.4, -0.2) is 16.1 Å². The Hall–Kier alpha value is -2.33.